The van der Waals surface area contributed by atoms with Crippen LogP contribution < -0.4 is 10.4 Å². The number of imidazole rings is 1. The molecule has 0 radical (unpaired) electrons. The number of aromatic nitrogens is 2. The molecule has 0 bridgehead atoms. The monoisotopic (exact) mass is 444 g/mol. The maximum atomic E-state index is 12.3. The molecule has 0 N–H and O–H groups in total. The van der Waals surface area contributed by atoms with Gasteiger partial charge in [-0.3, -0.25) is 0 Å². The minimum Gasteiger partial charge on any atom is -0.465 e. The second kappa shape index (κ2) is 9.10. The lowest BCUT2D eigenvalue weighted by molar-refractivity contribution is 0.0602. The second-order valence-electron chi connectivity index (χ2n) is 8.78. The van der Waals surface area contributed by atoms with Crippen LogP contribution in [0.5, 0.6) is 0 Å². The normalized spacial score (nSPS) is 11.8. The second-order valence-corrected chi connectivity index (χ2v) is 11.2. The predicted octanol–water partition coefficient (Wildman–Crippen LogP) is 3.63. The van der Waals surface area contributed by atoms with E-state index in [1.165, 1.54) is 17.5 Å². The van der Waals surface area contributed by atoms with Gasteiger partial charge in [-0.15, -0.1) is 0 Å². The number of esters is 1. The van der Waals surface area contributed by atoms with E-state index in [1.807, 2.05) is 24.3 Å². The zero-order valence-electron chi connectivity index (χ0n) is 18.9. The summed E-state index contributed by atoms with van der Waals surface area (Å²) in [7, 11) is -0.538. The zero-order valence-corrected chi connectivity index (χ0v) is 20.1. The van der Waals surface area contributed by atoms with Gasteiger partial charge >= 0.3 is 5.97 Å². The molecule has 0 aliphatic heterocycles. The predicted molar refractivity (Wildman–Crippen MR) is 130 cm³/mol. The van der Waals surface area contributed by atoms with Crippen LogP contribution in [0, 0.1) is 0 Å². The van der Waals surface area contributed by atoms with Crippen LogP contribution in [-0.4, -0.2) is 31.7 Å². The van der Waals surface area contributed by atoms with Gasteiger partial charge in [-0.1, -0.05) is 87.5 Å². The van der Waals surface area contributed by atoms with Gasteiger partial charge in [0.05, 0.1) is 18.2 Å². The van der Waals surface area contributed by atoms with Crippen molar-refractivity contribution in [2.24, 2.45) is 0 Å². The van der Waals surface area contributed by atoms with Crippen LogP contribution in [0.25, 0.3) is 11.0 Å². The summed E-state index contributed by atoms with van der Waals surface area (Å²) in [5.74, 6) is 0.486. The van der Waals surface area contributed by atoms with Gasteiger partial charge in [-0.2, -0.15) is 0 Å². The van der Waals surface area contributed by atoms with Gasteiger partial charge in [0.2, 0.25) is 9.04 Å². The van der Waals surface area contributed by atoms with Crippen molar-refractivity contribution in [1.82, 2.24) is 9.55 Å². The maximum Gasteiger partial charge on any atom is 0.340 e. The minimum atomic E-state index is -1.93. The molecule has 0 spiro atoms. The van der Waals surface area contributed by atoms with Crippen LogP contribution in [0.2, 0.25) is 0 Å². The van der Waals surface area contributed by atoms with Gasteiger partial charge in [0.25, 0.3) is 0 Å². The Morgan fingerprint density at radius 1 is 0.906 bits per heavy atom. The number of fused-ring (bicyclic) bond motifs is 1. The number of rotatable bonds is 6. The quantitative estimate of drug-likeness (QED) is 0.337. The van der Waals surface area contributed by atoms with Gasteiger partial charge in [0.15, 0.2) is 0 Å². The van der Waals surface area contributed by atoms with E-state index in [0.717, 1.165) is 11.3 Å². The molecule has 1 aromatic heterocycles. The van der Waals surface area contributed by atoms with E-state index in [1.54, 1.807) is 6.07 Å². The summed E-state index contributed by atoms with van der Waals surface area (Å²) in [6.45, 7) is 6.71. The Morgan fingerprint density at radius 3 is 2.03 bits per heavy atom. The lowest BCUT2D eigenvalue weighted by atomic mass is 9.96. The highest BCUT2D eigenvalue weighted by molar-refractivity contribution is 6.79. The molecule has 0 atom stereocenters. The number of hydrogen-bond acceptors (Lipinski definition) is 4. The molecule has 4 rings (SSSR count). The standard InChI is InChI=1S/C26H28N2O3Si/c1-26(2,3)25-27-23-21(24(29)30-4)16-11-17-22(23)28(25)18-31-32(19-12-7-5-8-13-19)20-14-9-6-10-15-20/h5-17,32H,18H2,1-4H3. The highest BCUT2D eigenvalue weighted by Crippen LogP contribution is 2.28. The molecule has 6 heteroatoms. The van der Waals surface area contributed by atoms with Crippen LogP contribution >= 0.6 is 0 Å². The van der Waals surface area contributed by atoms with Crippen LogP contribution in [0.4, 0.5) is 0 Å². The summed E-state index contributed by atoms with van der Waals surface area (Å²) in [4.78, 5) is 17.2. The number of ether oxygens (including phenoxy) is 1. The van der Waals surface area contributed by atoms with E-state index in [0.29, 0.717) is 17.8 Å². The Labute approximate surface area is 190 Å². The Hall–Kier alpha value is -3.22. The number of nitrogens with zero attached hydrogens (tertiary/aromatic N) is 2. The molecule has 0 unspecified atom stereocenters. The number of carbonyl (C=O) groups is 1. The number of para-hydroxylation sites is 1. The van der Waals surface area contributed by atoms with Gasteiger partial charge in [0, 0.05) is 5.41 Å². The highest BCUT2D eigenvalue weighted by Gasteiger charge is 2.27. The first-order valence-corrected chi connectivity index (χ1v) is 12.3. The minimum absolute atomic E-state index is 0.230. The lowest BCUT2D eigenvalue weighted by Gasteiger charge is -2.23. The summed E-state index contributed by atoms with van der Waals surface area (Å²) in [5.41, 5.74) is 1.75. The van der Waals surface area contributed by atoms with Crippen molar-refractivity contribution in [3.63, 3.8) is 0 Å². The molecule has 0 aliphatic rings. The number of methoxy groups -OCH3 is 1. The fraction of sp³-hybridized carbons (Fsp3) is 0.231. The number of carbonyl (C=O) groups excluding carboxylic acids is 1. The molecule has 4 aromatic rings. The van der Waals surface area contributed by atoms with Gasteiger partial charge in [-0.25, -0.2) is 9.78 Å². The summed E-state index contributed by atoms with van der Waals surface area (Å²) in [5, 5.41) is 2.44. The third kappa shape index (κ3) is 4.37. The molecule has 5 nitrogen and oxygen atoms in total. The van der Waals surface area contributed by atoms with Crippen LogP contribution in [0.15, 0.2) is 78.9 Å². The molecule has 0 aliphatic carbocycles. The summed E-state index contributed by atoms with van der Waals surface area (Å²) < 4.78 is 13.7. The molecular weight excluding hydrogens is 416 g/mol. The molecule has 0 amide bonds. The third-order valence-corrected chi connectivity index (χ3v) is 7.89. The molecule has 164 valence electrons. The molecule has 32 heavy (non-hydrogen) atoms. The summed E-state index contributed by atoms with van der Waals surface area (Å²) >= 11 is 0. The molecule has 0 saturated heterocycles. The first kappa shape index (κ1) is 22.0. The Kier molecular flexibility index (Phi) is 6.25. The van der Waals surface area contributed by atoms with Crippen molar-refractivity contribution < 1.29 is 14.0 Å². The first-order valence-electron chi connectivity index (χ1n) is 10.7. The van der Waals surface area contributed by atoms with Crippen molar-refractivity contribution in [2.45, 2.75) is 32.9 Å². The average molecular weight is 445 g/mol. The smallest absolute Gasteiger partial charge is 0.340 e. The first-order chi connectivity index (χ1) is 15.4. The van der Waals surface area contributed by atoms with Crippen molar-refractivity contribution in [1.29, 1.82) is 0 Å². The van der Waals surface area contributed by atoms with Crippen LogP contribution in [-0.2, 0) is 21.3 Å². The van der Waals surface area contributed by atoms with Crippen LogP contribution in [0.3, 0.4) is 0 Å². The number of hydrogen-bond donors (Lipinski definition) is 0. The van der Waals surface area contributed by atoms with Gasteiger partial charge in [-0.05, 0) is 22.5 Å². The van der Waals surface area contributed by atoms with E-state index >= 15 is 0 Å². The Morgan fingerprint density at radius 2 is 1.50 bits per heavy atom. The Bertz CT molecular complexity index is 1180. The van der Waals surface area contributed by atoms with E-state index < -0.39 is 9.04 Å². The SMILES string of the molecule is COC(=O)c1cccc2c1nc(C(C)(C)C)n2CO[SiH](c1ccccc1)c1ccccc1. The molecule has 3 aromatic carbocycles. The number of benzene rings is 3. The molecule has 0 fully saturated rings. The van der Waals surface area contributed by atoms with Crippen molar-refractivity contribution in [3.05, 3.63) is 90.3 Å². The van der Waals surface area contributed by atoms with Gasteiger partial charge < -0.3 is 13.7 Å². The largest absolute Gasteiger partial charge is 0.465 e. The van der Waals surface area contributed by atoms with Crippen molar-refractivity contribution in [3.8, 4) is 0 Å². The van der Waals surface area contributed by atoms with Crippen molar-refractivity contribution in [2.75, 3.05) is 7.11 Å². The Balaban J connectivity index is 1.78. The maximum absolute atomic E-state index is 12.3. The lowest BCUT2D eigenvalue weighted by Crippen LogP contribution is -2.45. The summed E-state index contributed by atoms with van der Waals surface area (Å²) in [6, 6.07) is 26.4. The molecular formula is C26H28N2O3Si. The molecule has 1 heterocycles. The van der Waals surface area contributed by atoms with E-state index in [2.05, 4.69) is 73.9 Å². The third-order valence-electron chi connectivity index (χ3n) is 5.43. The average Bonchev–Trinajstić information content (AvgIpc) is 3.19. The van der Waals surface area contributed by atoms with E-state index in [9.17, 15) is 4.79 Å². The van der Waals surface area contributed by atoms with E-state index in [4.69, 9.17) is 14.1 Å². The molecule has 0 saturated carbocycles. The van der Waals surface area contributed by atoms with E-state index in [-0.39, 0.29) is 11.4 Å². The fourth-order valence-corrected chi connectivity index (χ4v) is 6.13. The topological polar surface area (TPSA) is 53.3 Å². The zero-order chi connectivity index (χ0) is 22.7. The highest BCUT2D eigenvalue weighted by atomic mass is 28.3. The fourth-order valence-electron chi connectivity index (χ4n) is 3.91. The van der Waals surface area contributed by atoms with Crippen LogP contribution in [0.1, 0.15) is 37.0 Å². The van der Waals surface area contributed by atoms with Crippen molar-refractivity contribution >= 4 is 36.4 Å². The summed E-state index contributed by atoms with van der Waals surface area (Å²) in [6.07, 6.45) is 0. The van der Waals surface area contributed by atoms with Gasteiger partial charge in [0.1, 0.15) is 18.1 Å².